The summed E-state index contributed by atoms with van der Waals surface area (Å²) in [6, 6.07) is 13.5. The van der Waals surface area contributed by atoms with Gasteiger partial charge in [-0.05, 0) is 53.9 Å². The zero-order valence-corrected chi connectivity index (χ0v) is 18.9. The summed E-state index contributed by atoms with van der Waals surface area (Å²) in [7, 11) is -3.52. The van der Waals surface area contributed by atoms with Gasteiger partial charge < -0.3 is 10.2 Å². The minimum Gasteiger partial charge on any atom is -0.339 e. The molecule has 162 valence electrons. The predicted octanol–water partition coefficient (Wildman–Crippen LogP) is 3.65. The quantitative estimate of drug-likeness (QED) is 0.569. The van der Waals surface area contributed by atoms with E-state index in [0.29, 0.717) is 46.3 Å². The van der Waals surface area contributed by atoms with Crippen molar-refractivity contribution >= 4 is 50.2 Å². The smallest absolute Gasteiger partial charge is 0.265 e. The molecule has 3 aromatic rings. The van der Waals surface area contributed by atoms with Crippen LogP contribution < -0.4 is 10.0 Å². The highest BCUT2D eigenvalue weighted by Gasteiger charge is 2.27. The molecule has 1 aliphatic heterocycles. The third-order valence-electron chi connectivity index (χ3n) is 4.98. The minimum atomic E-state index is -3.52. The third-order valence-corrected chi connectivity index (χ3v) is 8.76. The molecule has 2 aromatic heterocycles. The van der Waals surface area contributed by atoms with Gasteiger partial charge in [-0.15, -0.1) is 22.7 Å². The first-order chi connectivity index (χ1) is 14.9. The molecule has 31 heavy (non-hydrogen) atoms. The van der Waals surface area contributed by atoms with Gasteiger partial charge in [-0.3, -0.25) is 9.59 Å². The van der Waals surface area contributed by atoms with Crippen LogP contribution in [0.2, 0.25) is 0 Å². The molecule has 3 heterocycles. The number of hydrogen-bond donors (Lipinski definition) is 2. The molecule has 10 heteroatoms. The Morgan fingerprint density at radius 2 is 1.71 bits per heavy atom. The number of benzene rings is 1. The van der Waals surface area contributed by atoms with Gasteiger partial charge in [0, 0.05) is 30.4 Å². The molecule has 0 unspecified atom stereocenters. The van der Waals surface area contributed by atoms with Crippen LogP contribution in [0.4, 0.5) is 5.69 Å². The van der Waals surface area contributed by atoms with Gasteiger partial charge in [0.25, 0.3) is 11.8 Å². The van der Waals surface area contributed by atoms with Gasteiger partial charge in [-0.1, -0.05) is 18.2 Å². The first-order valence-corrected chi connectivity index (χ1v) is 13.0. The Bertz CT molecular complexity index is 1150. The van der Waals surface area contributed by atoms with Gasteiger partial charge in [0.05, 0.1) is 4.88 Å². The zero-order chi connectivity index (χ0) is 21.8. The van der Waals surface area contributed by atoms with E-state index in [1.165, 1.54) is 22.7 Å². The van der Waals surface area contributed by atoms with E-state index in [9.17, 15) is 18.0 Å². The van der Waals surface area contributed by atoms with Crippen LogP contribution in [-0.2, 0) is 10.0 Å². The Morgan fingerprint density at radius 3 is 2.39 bits per heavy atom. The molecule has 2 N–H and O–H groups in total. The summed E-state index contributed by atoms with van der Waals surface area (Å²) in [5.41, 5.74) is 1.05. The fourth-order valence-corrected chi connectivity index (χ4v) is 6.34. The number of sulfonamides is 1. The standard InChI is InChI=1S/C21H21N3O4S3/c25-20(18-6-2-12-29-18)22-17-5-1-4-15(14-17)21(26)24-10-8-16(9-11-24)23-31(27,28)19-7-3-13-30-19/h1-7,12-14,16,23H,8-11H2,(H,22,25). The maximum Gasteiger partial charge on any atom is 0.265 e. The highest BCUT2D eigenvalue weighted by atomic mass is 32.2. The van der Waals surface area contributed by atoms with Gasteiger partial charge in [0.1, 0.15) is 4.21 Å². The largest absolute Gasteiger partial charge is 0.339 e. The molecular weight excluding hydrogens is 454 g/mol. The lowest BCUT2D eigenvalue weighted by Crippen LogP contribution is -2.46. The molecule has 4 rings (SSSR count). The minimum absolute atomic E-state index is 0.133. The summed E-state index contributed by atoms with van der Waals surface area (Å²) < 4.78 is 27.8. The molecule has 0 spiro atoms. The van der Waals surface area contributed by atoms with Crippen molar-refractivity contribution in [2.24, 2.45) is 0 Å². The van der Waals surface area contributed by atoms with Crippen molar-refractivity contribution in [3.8, 4) is 0 Å². The lowest BCUT2D eigenvalue weighted by molar-refractivity contribution is 0.0711. The van der Waals surface area contributed by atoms with Crippen LogP contribution in [0, 0.1) is 0 Å². The number of likely N-dealkylation sites (tertiary alicyclic amines) is 1. The van der Waals surface area contributed by atoms with Gasteiger partial charge >= 0.3 is 0 Å². The Labute approximate surface area is 188 Å². The summed E-state index contributed by atoms with van der Waals surface area (Å²) in [6.07, 6.45) is 1.09. The zero-order valence-electron chi connectivity index (χ0n) is 16.5. The van der Waals surface area contributed by atoms with Crippen molar-refractivity contribution in [1.82, 2.24) is 9.62 Å². The van der Waals surface area contributed by atoms with Crippen LogP contribution in [0.15, 0.2) is 63.5 Å². The van der Waals surface area contributed by atoms with Crippen LogP contribution in [0.5, 0.6) is 0 Å². The van der Waals surface area contributed by atoms with Crippen molar-refractivity contribution in [1.29, 1.82) is 0 Å². The van der Waals surface area contributed by atoms with Crippen LogP contribution in [0.3, 0.4) is 0 Å². The molecular formula is C21H21N3O4S3. The van der Waals surface area contributed by atoms with Crippen LogP contribution in [0.25, 0.3) is 0 Å². The van der Waals surface area contributed by atoms with E-state index < -0.39 is 10.0 Å². The SMILES string of the molecule is O=C(Nc1cccc(C(=O)N2CCC(NS(=O)(=O)c3cccs3)CC2)c1)c1cccs1. The van der Waals surface area contributed by atoms with Crippen molar-refractivity contribution in [3.05, 3.63) is 69.7 Å². The fraction of sp³-hybridized carbons (Fsp3) is 0.238. The van der Waals surface area contributed by atoms with E-state index in [0.717, 1.165) is 0 Å². The molecule has 0 atom stereocenters. The number of hydrogen-bond acceptors (Lipinski definition) is 6. The maximum absolute atomic E-state index is 12.9. The lowest BCUT2D eigenvalue weighted by atomic mass is 10.0. The van der Waals surface area contributed by atoms with Crippen LogP contribution in [0.1, 0.15) is 32.9 Å². The second-order valence-corrected chi connectivity index (χ2v) is 11.0. The summed E-state index contributed by atoms with van der Waals surface area (Å²) in [5.74, 6) is -0.342. The molecule has 1 aromatic carbocycles. The fourth-order valence-electron chi connectivity index (χ4n) is 3.41. The molecule has 1 saturated heterocycles. The van der Waals surface area contributed by atoms with E-state index in [-0.39, 0.29) is 17.9 Å². The van der Waals surface area contributed by atoms with Crippen molar-refractivity contribution < 1.29 is 18.0 Å². The Morgan fingerprint density at radius 1 is 0.968 bits per heavy atom. The molecule has 0 bridgehead atoms. The molecule has 7 nitrogen and oxygen atoms in total. The summed E-state index contributed by atoms with van der Waals surface area (Å²) in [5, 5.41) is 6.38. The molecule has 0 aliphatic carbocycles. The van der Waals surface area contributed by atoms with Crippen LogP contribution >= 0.6 is 22.7 Å². The predicted molar refractivity (Wildman–Crippen MR) is 122 cm³/mol. The van der Waals surface area contributed by atoms with Crippen LogP contribution in [-0.4, -0.2) is 44.3 Å². The number of rotatable bonds is 6. The van der Waals surface area contributed by atoms with E-state index in [1.54, 1.807) is 52.7 Å². The number of amides is 2. The highest BCUT2D eigenvalue weighted by Crippen LogP contribution is 2.21. The van der Waals surface area contributed by atoms with E-state index >= 15 is 0 Å². The molecule has 0 radical (unpaired) electrons. The first kappa shape index (κ1) is 21.7. The average molecular weight is 476 g/mol. The number of nitrogens with one attached hydrogen (secondary N) is 2. The Balaban J connectivity index is 1.35. The lowest BCUT2D eigenvalue weighted by Gasteiger charge is -2.32. The second kappa shape index (κ2) is 9.31. The number of carbonyl (C=O) groups is 2. The normalized spacial score (nSPS) is 15.0. The summed E-state index contributed by atoms with van der Waals surface area (Å²) in [6.45, 7) is 0.921. The van der Waals surface area contributed by atoms with Crippen molar-refractivity contribution in [2.75, 3.05) is 18.4 Å². The second-order valence-electron chi connectivity index (χ2n) is 7.13. The van der Waals surface area contributed by atoms with Gasteiger partial charge in [0.2, 0.25) is 10.0 Å². The Hall–Kier alpha value is -2.53. The number of thiophene rings is 2. The molecule has 1 fully saturated rings. The maximum atomic E-state index is 12.9. The number of nitrogens with zero attached hydrogens (tertiary/aromatic N) is 1. The van der Waals surface area contributed by atoms with E-state index in [1.807, 2.05) is 11.4 Å². The topological polar surface area (TPSA) is 95.6 Å². The number of anilines is 1. The van der Waals surface area contributed by atoms with Gasteiger partial charge in [0.15, 0.2) is 0 Å². The molecule has 1 aliphatic rings. The van der Waals surface area contributed by atoms with E-state index in [2.05, 4.69) is 10.0 Å². The summed E-state index contributed by atoms with van der Waals surface area (Å²) >= 11 is 2.53. The molecule has 0 saturated carbocycles. The molecule has 2 amide bonds. The van der Waals surface area contributed by atoms with Gasteiger partial charge in [-0.2, -0.15) is 0 Å². The monoisotopic (exact) mass is 475 g/mol. The summed E-state index contributed by atoms with van der Waals surface area (Å²) in [4.78, 5) is 27.5. The Kier molecular flexibility index (Phi) is 6.51. The highest BCUT2D eigenvalue weighted by molar-refractivity contribution is 7.91. The van der Waals surface area contributed by atoms with Crippen molar-refractivity contribution in [2.45, 2.75) is 23.1 Å². The first-order valence-electron chi connectivity index (χ1n) is 9.72. The van der Waals surface area contributed by atoms with E-state index in [4.69, 9.17) is 0 Å². The number of piperidine rings is 1. The van der Waals surface area contributed by atoms with Crippen molar-refractivity contribution in [3.63, 3.8) is 0 Å². The average Bonchev–Trinajstić information content (AvgIpc) is 3.48. The number of carbonyl (C=O) groups excluding carboxylic acids is 2. The third kappa shape index (κ3) is 5.21. The van der Waals surface area contributed by atoms with Gasteiger partial charge in [-0.25, -0.2) is 13.1 Å².